The molecule has 146 valence electrons. The molecule has 0 aliphatic carbocycles. The van der Waals surface area contributed by atoms with E-state index in [4.69, 9.17) is 14.7 Å². The molecule has 1 aromatic carbocycles. The third kappa shape index (κ3) is 3.95. The molecule has 0 bridgehead atoms. The monoisotopic (exact) mass is 389 g/mol. The first-order valence-electron chi connectivity index (χ1n) is 9.12. The van der Waals surface area contributed by atoms with Crippen LogP contribution in [0.2, 0.25) is 0 Å². The van der Waals surface area contributed by atoms with Crippen LogP contribution in [0.3, 0.4) is 0 Å². The van der Waals surface area contributed by atoms with Crippen molar-refractivity contribution in [1.29, 1.82) is 5.26 Å². The Hall–Kier alpha value is -3.70. The van der Waals surface area contributed by atoms with Crippen LogP contribution in [0.15, 0.2) is 59.5 Å². The molecule has 1 saturated heterocycles. The molecule has 3 aromatic rings. The fourth-order valence-electron chi connectivity index (χ4n) is 3.26. The lowest BCUT2D eigenvalue weighted by molar-refractivity contribution is 0.183. The van der Waals surface area contributed by atoms with Gasteiger partial charge in [0.2, 0.25) is 0 Å². The molecule has 0 radical (unpaired) electrons. The van der Waals surface area contributed by atoms with Gasteiger partial charge in [0.15, 0.2) is 0 Å². The predicted octanol–water partition coefficient (Wildman–Crippen LogP) is 2.24. The number of anilines is 1. The number of pyridine rings is 1. The second-order valence-corrected chi connectivity index (χ2v) is 6.63. The molecule has 1 aliphatic rings. The average Bonchev–Trinajstić information content (AvgIpc) is 3.22. The Bertz CT molecular complexity index is 1100. The number of benzene rings is 1. The highest BCUT2D eigenvalue weighted by atomic mass is 16.5. The van der Waals surface area contributed by atoms with Gasteiger partial charge in [-0.05, 0) is 30.3 Å². The van der Waals surface area contributed by atoms with Gasteiger partial charge in [-0.1, -0.05) is 12.1 Å². The van der Waals surface area contributed by atoms with Crippen LogP contribution < -0.4 is 15.6 Å². The number of nitrogens with one attached hydrogen (secondary N) is 1. The number of rotatable bonds is 5. The van der Waals surface area contributed by atoms with Gasteiger partial charge < -0.3 is 14.8 Å². The molecule has 1 N–H and O–H groups in total. The summed E-state index contributed by atoms with van der Waals surface area (Å²) >= 11 is 0. The smallest absolute Gasteiger partial charge is 0.267 e. The highest BCUT2D eigenvalue weighted by molar-refractivity contribution is 5.60. The van der Waals surface area contributed by atoms with Crippen molar-refractivity contribution in [1.82, 2.24) is 14.8 Å². The minimum absolute atomic E-state index is 0.179. The zero-order valence-electron chi connectivity index (χ0n) is 15.8. The van der Waals surface area contributed by atoms with E-state index in [1.54, 1.807) is 25.3 Å². The van der Waals surface area contributed by atoms with Crippen molar-refractivity contribution in [2.24, 2.45) is 0 Å². The Morgan fingerprint density at radius 2 is 2.14 bits per heavy atom. The highest BCUT2D eigenvalue weighted by Gasteiger charge is 2.31. The van der Waals surface area contributed by atoms with Crippen LogP contribution in [0.1, 0.15) is 11.6 Å². The van der Waals surface area contributed by atoms with Crippen LogP contribution in [0.25, 0.3) is 11.3 Å². The van der Waals surface area contributed by atoms with E-state index in [2.05, 4.69) is 15.4 Å². The molecular weight excluding hydrogens is 370 g/mol. The fraction of sp³-hybridized carbons (Fsp3) is 0.238. The lowest BCUT2D eigenvalue weighted by Crippen LogP contribution is -2.37. The fourth-order valence-corrected chi connectivity index (χ4v) is 3.26. The Labute approximate surface area is 167 Å². The van der Waals surface area contributed by atoms with Crippen molar-refractivity contribution < 1.29 is 9.47 Å². The predicted molar refractivity (Wildman–Crippen MR) is 107 cm³/mol. The van der Waals surface area contributed by atoms with Gasteiger partial charge >= 0.3 is 0 Å². The first-order valence-corrected chi connectivity index (χ1v) is 9.12. The number of hydrogen-bond acceptors (Lipinski definition) is 7. The molecule has 1 aliphatic heterocycles. The molecule has 2 atom stereocenters. The van der Waals surface area contributed by atoms with Crippen molar-refractivity contribution in [3.05, 3.63) is 70.6 Å². The molecule has 0 spiro atoms. The SMILES string of the molecule is COc1cccc(-c2ccc(=O)n(C3COCC3Nc3ccc(C#N)cn3)n2)c1. The number of methoxy groups -OCH3 is 1. The molecular formula is C21H19N5O3. The molecule has 8 heteroatoms. The van der Waals surface area contributed by atoms with Gasteiger partial charge in [0.1, 0.15) is 23.7 Å². The first kappa shape index (κ1) is 18.7. The lowest BCUT2D eigenvalue weighted by atomic mass is 10.1. The van der Waals surface area contributed by atoms with E-state index in [9.17, 15) is 4.79 Å². The quantitative estimate of drug-likeness (QED) is 0.714. The minimum Gasteiger partial charge on any atom is -0.497 e. The summed E-state index contributed by atoms with van der Waals surface area (Å²) in [5, 5.41) is 16.8. The minimum atomic E-state index is -0.287. The van der Waals surface area contributed by atoms with Crippen LogP contribution in [0, 0.1) is 11.3 Å². The van der Waals surface area contributed by atoms with Crippen LogP contribution in [0.4, 0.5) is 5.82 Å². The van der Waals surface area contributed by atoms with Gasteiger partial charge in [-0.2, -0.15) is 10.4 Å². The summed E-state index contributed by atoms with van der Waals surface area (Å²) in [6.07, 6.45) is 1.50. The van der Waals surface area contributed by atoms with Crippen molar-refractivity contribution in [3.63, 3.8) is 0 Å². The summed E-state index contributed by atoms with van der Waals surface area (Å²) in [4.78, 5) is 16.8. The molecule has 2 aromatic heterocycles. The molecule has 2 unspecified atom stereocenters. The van der Waals surface area contributed by atoms with E-state index < -0.39 is 0 Å². The normalized spacial score (nSPS) is 18.2. The van der Waals surface area contributed by atoms with Crippen molar-refractivity contribution in [2.45, 2.75) is 12.1 Å². The Morgan fingerprint density at radius 1 is 1.24 bits per heavy atom. The Kier molecular flexibility index (Phi) is 5.22. The van der Waals surface area contributed by atoms with Gasteiger partial charge in [0, 0.05) is 17.8 Å². The average molecular weight is 389 g/mol. The summed E-state index contributed by atoms with van der Waals surface area (Å²) in [6, 6.07) is 15.7. The zero-order chi connectivity index (χ0) is 20.2. The second kappa shape index (κ2) is 8.12. The highest BCUT2D eigenvalue weighted by Crippen LogP contribution is 2.24. The second-order valence-electron chi connectivity index (χ2n) is 6.63. The third-order valence-electron chi connectivity index (χ3n) is 4.78. The number of nitriles is 1. The molecule has 8 nitrogen and oxygen atoms in total. The summed E-state index contributed by atoms with van der Waals surface area (Å²) in [6.45, 7) is 0.784. The molecule has 0 saturated carbocycles. The van der Waals surface area contributed by atoms with E-state index in [1.807, 2.05) is 30.3 Å². The Balaban J connectivity index is 1.62. The maximum absolute atomic E-state index is 12.5. The van der Waals surface area contributed by atoms with E-state index in [0.717, 1.165) is 11.3 Å². The number of hydrogen-bond donors (Lipinski definition) is 1. The van der Waals surface area contributed by atoms with Crippen LogP contribution >= 0.6 is 0 Å². The summed E-state index contributed by atoms with van der Waals surface area (Å²) < 4.78 is 12.4. The topological polar surface area (TPSA) is 102 Å². The van der Waals surface area contributed by atoms with Crippen LogP contribution in [-0.2, 0) is 4.74 Å². The largest absolute Gasteiger partial charge is 0.497 e. The van der Waals surface area contributed by atoms with Crippen molar-refractivity contribution in [3.8, 4) is 23.1 Å². The molecule has 0 amide bonds. The lowest BCUT2D eigenvalue weighted by Gasteiger charge is -2.21. The first-order chi connectivity index (χ1) is 14.2. The molecule has 29 heavy (non-hydrogen) atoms. The maximum Gasteiger partial charge on any atom is 0.267 e. The van der Waals surface area contributed by atoms with Crippen molar-refractivity contribution >= 4 is 5.82 Å². The number of aromatic nitrogens is 3. The number of nitrogens with zero attached hydrogens (tertiary/aromatic N) is 4. The van der Waals surface area contributed by atoms with Crippen LogP contribution in [0.5, 0.6) is 5.75 Å². The Morgan fingerprint density at radius 3 is 2.90 bits per heavy atom. The van der Waals surface area contributed by atoms with Gasteiger partial charge in [-0.25, -0.2) is 9.67 Å². The summed E-state index contributed by atoms with van der Waals surface area (Å²) in [7, 11) is 1.61. The summed E-state index contributed by atoms with van der Waals surface area (Å²) in [5.74, 6) is 1.33. The van der Waals surface area contributed by atoms with Gasteiger partial charge in [-0.15, -0.1) is 0 Å². The van der Waals surface area contributed by atoms with E-state index in [-0.39, 0.29) is 17.6 Å². The summed E-state index contributed by atoms with van der Waals surface area (Å²) in [5.41, 5.74) is 1.81. The maximum atomic E-state index is 12.5. The number of ether oxygens (including phenoxy) is 2. The molecule has 4 rings (SSSR count). The molecule has 1 fully saturated rings. The standard InChI is InChI=1S/C21H19N5O3/c1-28-16-4-2-3-15(9-16)17-6-8-21(27)26(25-17)19-13-29-12-18(19)24-20-7-5-14(10-22)11-23-20/h2-9,11,18-19H,12-13H2,1H3,(H,23,24). The van der Waals surface area contributed by atoms with Crippen LogP contribution in [-0.4, -0.2) is 41.1 Å². The van der Waals surface area contributed by atoms with Crippen molar-refractivity contribution in [2.75, 3.05) is 25.6 Å². The van der Waals surface area contributed by atoms with Gasteiger partial charge in [0.25, 0.3) is 5.56 Å². The van der Waals surface area contributed by atoms with Gasteiger partial charge in [-0.3, -0.25) is 4.79 Å². The van der Waals surface area contributed by atoms with E-state index in [1.165, 1.54) is 16.9 Å². The van der Waals surface area contributed by atoms with E-state index >= 15 is 0 Å². The third-order valence-corrected chi connectivity index (χ3v) is 4.78. The van der Waals surface area contributed by atoms with Gasteiger partial charge in [0.05, 0.1) is 37.6 Å². The van der Waals surface area contributed by atoms with E-state index in [0.29, 0.717) is 30.3 Å². The molecule has 3 heterocycles. The zero-order valence-corrected chi connectivity index (χ0v) is 15.8.